The summed E-state index contributed by atoms with van der Waals surface area (Å²) < 4.78 is 2.15. The van der Waals surface area contributed by atoms with E-state index >= 15 is 0 Å². The lowest BCUT2D eigenvalue weighted by atomic mass is 9.86. The molecule has 1 unspecified atom stereocenters. The third kappa shape index (κ3) is 2.50. The van der Waals surface area contributed by atoms with Gasteiger partial charge in [-0.05, 0) is 47.7 Å². The Morgan fingerprint density at radius 1 is 1.05 bits per heavy atom. The molecule has 0 bridgehead atoms. The second-order valence-electron chi connectivity index (χ2n) is 6.07. The van der Waals surface area contributed by atoms with Gasteiger partial charge in [-0.15, -0.1) is 10.2 Å². The molecule has 2 heterocycles. The standard InChI is InChI=1S/C18H20N4/c1-2-5-15-10-16(8-7-14(15)4-1)18(22-12-20-21-13-22)17-6-3-9-19-11-17/h1-2,4-5,7-8,10,12-13,17-19H,3,6,9,11H2/t17-,18?/m0/s1. The maximum absolute atomic E-state index is 4.02. The van der Waals surface area contributed by atoms with Crippen LogP contribution < -0.4 is 5.32 Å². The highest BCUT2D eigenvalue weighted by molar-refractivity contribution is 5.83. The van der Waals surface area contributed by atoms with Crippen molar-refractivity contribution in [2.45, 2.75) is 18.9 Å². The molecule has 0 radical (unpaired) electrons. The summed E-state index contributed by atoms with van der Waals surface area (Å²) >= 11 is 0. The van der Waals surface area contributed by atoms with Gasteiger partial charge in [-0.2, -0.15) is 0 Å². The van der Waals surface area contributed by atoms with E-state index in [1.165, 1.54) is 29.2 Å². The van der Waals surface area contributed by atoms with Crippen molar-refractivity contribution in [3.05, 3.63) is 60.7 Å². The van der Waals surface area contributed by atoms with Crippen molar-refractivity contribution >= 4 is 10.8 Å². The van der Waals surface area contributed by atoms with E-state index in [0.717, 1.165) is 13.1 Å². The lowest BCUT2D eigenvalue weighted by Gasteiger charge is -2.31. The highest BCUT2D eigenvalue weighted by Gasteiger charge is 2.26. The first-order valence-electron chi connectivity index (χ1n) is 7.95. The lowest BCUT2D eigenvalue weighted by molar-refractivity contribution is 0.295. The topological polar surface area (TPSA) is 42.7 Å². The minimum absolute atomic E-state index is 0.299. The Morgan fingerprint density at radius 3 is 2.64 bits per heavy atom. The van der Waals surface area contributed by atoms with Gasteiger partial charge in [0.1, 0.15) is 12.7 Å². The molecule has 2 atom stereocenters. The van der Waals surface area contributed by atoms with Gasteiger partial charge in [0, 0.05) is 6.54 Å². The number of hydrogen-bond acceptors (Lipinski definition) is 3. The lowest BCUT2D eigenvalue weighted by Crippen LogP contribution is -2.35. The van der Waals surface area contributed by atoms with Gasteiger partial charge in [0.05, 0.1) is 6.04 Å². The van der Waals surface area contributed by atoms with E-state index in [9.17, 15) is 0 Å². The van der Waals surface area contributed by atoms with Gasteiger partial charge in [0.25, 0.3) is 0 Å². The van der Waals surface area contributed by atoms with Crippen LogP contribution in [-0.2, 0) is 0 Å². The van der Waals surface area contributed by atoms with Crippen molar-refractivity contribution in [2.24, 2.45) is 5.92 Å². The van der Waals surface area contributed by atoms with Crippen LogP contribution in [-0.4, -0.2) is 27.9 Å². The Morgan fingerprint density at radius 2 is 1.86 bits per heavy atom. The molecule has 1 aliphatic rings. The van der Waals surface area contributed by atoms with Crippen LogP contribution in [0.3, 0.4) is 0 Å². The van der Waals surface area contributed by atoms with Gasteiger partial charge in [0.15, 0.2) is 0 Å². The number of nitrogens with zero attached hydrogens (tertiary/aromatic N) is 3. The van der Waals surface area contributed by atoms with E-state index in [2.05, 4.69) is 62.5 Å². The van der Waals surface area contributed by atoms with E-state index in [1.54, 1.807) is 0 Å². The zero-order chi connectivity index (χ0) is 14.8. The maximum Gasteiger partial charge on any atom is 0.119 e. The van der Waals surface area contributed by atoms with Crippen LogP contribution >= 0.6 is 0 Å². The fourth-order valence-corrected chi connectivity index (χ4v) is 3.58. The molecule has 4 nitrogen and oxygen atoms in total. The Hall–Kier alpha value is -2.20. The Bertz CT molecular complexity index is 745. The summed E-state index contributed by atoms with van der Waals surface area (Å²) in [5.41, 5.74) is 1.34. The van der Waals surface area contributed by atoms with Crippen molar-refractivity contribution in [3.8, 4) is 0 Å². The van der Waals surface area contributed by atoms with Gasteiger partial charge in [-0.3, -0.25) is 0 Å². The van der Waals surface area contributed by atoms with E-state index in [4.69, 9.17) is 0 Å². The van der Waals surface area contributed by atoms with Crippen molar-refractivity contribution in [1.82, 2.24) is 20.1 Å². The SMILES string of the molecule is c1ccc2cc(C([C@H]3CCCNC3)n3cnnc3)ccc2c1. The fraction of sp³-hybridized carbons (Fsp3) is 0.333. The molecule has 1 aromatic heterocycles. The summed E-state index contributed by atoms with van der Waals surface area (Å²) in [4.78, 5) is 0. The normalized spacial score (nSPS) is 20.1. The molecule has 1 N–H and O–H groups in total. The maximum atomic E-state index is 4.02. The number of benzene rings is 2. The summed E-state index contributed by atoms with van der Waals surface area (Å²) in [6, 6.07) is 15.6. The number of aromatic nitrogens is 3. The molecule has 0 spiro atoms. The molecule has 1 aliphatic heterocycles. The molecule has 4 rings (SSSR count). The summed E-state index contributed by atoms with van der Waals surface area (Å²) in [7, 11) is 0. The summed E-state index contributed by atoms with van der Waals surface area (Å²) in [6.07, 6.45) is 6.16. The van der Waals surface area contributed by atoms with Crippen LogP contribution in [0.25, 0.3) is 10.8 Å². The molecular weight excluding hydrogens is 272 g/mol. The Labute approximate surface area is 130 Å². The first-order valence-corrected chi connectivity index (χ1v) is 7.95. The van der Waals surface area contributed by atoms with Crippen molar-refractivity contribution in [3.63, 3.8) is 0 Å². The highest BCUT2D eigenvalue weighted by atomic mass is 15.2. The van der Waals surface area contributed by atoms with Gasteiger partial charge < -0.3 is 9.88 Å². The minimum atomic E-state index is 0.299. The summed E-state index contributed by atoms with van der Waals surface area (Å²) in [5.74, 6) is 0.575. The van der Waals surface area contributed by atoms with Crippen molar-refractivity contribution in [2.75, 3.05) is 13.1 Å². The van der Waals surface area contributed by atoms with E-state index < -0.39 is 0 Å². The molecule has 2 aromatic carbocycles. The first-order chi connectivity index (χ1) is 10.9. The van der Waals surface area contributed by atoms with Crippen LogP contribution in [0.5, 0.6) is 0 Å². The Kier molecular flexibility index (Phi) is 3.60. The van der Waals surface area contributed by atoms with Gasteiger partial charge in [0.2, 0.25) is 0 Å². The number of hydrogen-bond donors (Lipinski definition) is 1. The molecule has 1 fully saturated rings. The zero-order valence-corrected chi connectivity index (χ0v) is 12.5. The minimum Gasteiger partial charge on any atom is -0.316 e. The monoisotopic (exact) mass is 292 g/mol. The molecule has 0 saturated carbocycles. The molecule has 22 heavy (non-hydrogen) atoms. The van der Waals surface area contributed by atoms with E-state index in [-0.39, 0.29) is 0 Å². The van der Waals surface area contributed by atoms with Crippen LogP contribution in [0, 0.1) is 5.92 Å². The molecule has 0 amide bonds. The molecule has 1 saturated heterocycles. The molecule has 3 aromatic rings. The van der Waals surface area contributed by atoms with Crippen LogP contribution in [0.15, 0.2) is 55.1 Å². The second kappa shape index (κ2) is 5.89. The number of fused-ring (bicyclic) bond motifs is 1. The van der Waals surface area contributed by atoms with Crippen LogP contribution in [0.2, 0.25) is 0 Å². The largest absolute Gasteiger partial charge is 0.316 e. The molecule has 0 aliphatic carbocycles. The first kappa shape index (κ1) is 13.5. The van der Waals surface area contributed by atoms with Crippen LogP contribution in [0.4, 0.5) is 0 Å². The average Bonchev–Trinajstić information content (AvgIpc) is 3.10. The third-order valence-corrected chi connectivity index (χ3v) is 4.65. The highest BCUT2D eigenvalue weighted by Crippen LogP contribution is 2.32. The van der Waals surface area contributed by atoms with Crippen LogP contribution in [0.1, 0.15) is 24.4 Å². The number of piperidine rings is 1. The number of nitrogens with one attached hydrogen (secondary N) is 1. The van der Waals surface area contributed by atoms with Crippen molar-refractivity contribution in [1.29, 1.82) is 0 Å². The number of rotatable bonds is 3. The predicted octanol–water partition coefficient (Wildman–Crippen LogP) is 3.02. The van der Waals surface area contributed by atoms with E-state index in [1.807, 2.05) is 12.7 Å². The summed E-state index contributed by atoms with van der Waals surface area (Å²) in [5, 5.41) is 14.1. The molecule has 4 heteroatoms. The Balaban J connectivity index is 1.78. The average molecular weight is 292 g/mol. The van der Waals surface area contributed by atoms with Gasteiger partial charge >= 0.3 is 0 Å². The molecular formula is C18H20N4. The quantitative estimate of drug-likeness (QED) is 0.807. The fourth-order valence-electron chi connectivity index (χ4n) is 3.58. The smallest absolute Gasteiger partial charge is 0.119 e. The summed E-state index contributed by atoms with van der Waals surface area (Å²) in [6.45, 7) is 2.18. The second-order valence-corrected chi connectivity index (χ2v) is 6.07. The third-order valence-electron chi connectivity index (χ3n) is 4.65. The van der Waals surface area contributed by atoms with Gasteiger partial charge in [-0.25, -0.2) is 0 Å². The zero-order valence-electron chi connectivity index (χ0n) is 12.5. The van der Waals surface area contributed by atoms with E-state index in [0.29, 0.717) is 12.0 Å². The predicted molar refractivity (Wildman–Crippen MR) is 87.7 cm³/mol. The van der Waals surface area contributed by atoms with Crippen molar-refractivity contribution < 1.29 is 0 Å². The van der Waals surface area contributed by atoms with Gasteiger partial charge in [-0.1, -0.05) is 36.4 Å². The molecule has 112 valence electrons.